The highest BCUT2D eigenvalue weighted by atomic mass is 127. The molecule has 3 N–H and O–H groups in total. The van der Waals surface area contributed by atoms with Crippen LogP contribution in [0.3, 0.4) is 0 Å². The lowest BCUT2D eigenvalue weighted by atomic mass is 10.0. The number of benzene rings is 1. The number of halogens is 1. The van der Waals surface area contributed by atoms with Crippen molar-refractivity contribution in [2.75, 3.05) is 26.8 Å². The van der Waals surface area contributed by atoms with Gasteiger partial charge in [0.1, 0.15) is 0 Å². The van der Waals surface area contributed by atoms with Crippen LogP contribution in [0.4, 0.5) is 0 Å². The minimum atomic E-state index is 0. The van der Waals surface area contributed by atoms with Crippen molar-refractivity contribution in [1.82, 2.24) is 15.6 Å². The highest BCUT2D eigenvalue weighted by Gasteiger charge is 2.10. The Hall–Kier alpha value is -1.87. The lowest BCUT2D eigenvalue weighted by Crippen LogP contribution is -2.39. The summed E-state index contributed by atoms with van der Waals surface area (Å²) in [5.74, 6) is 1.33. The largest absolute Gasteiger partial charge is 0.481 e. The van der Waals surface area contributed by atoms with E-state index < -0.39 is 0 Å². The summed E-state index contributed by atoms with van der Waals surface area (Å²) >= 11 is 0. The average Bonchev–Trinajstić information content (AvgIpc) is 2.67. The average molecular weight is 470 g/mol. The maximum Gasteiger partial charge on any atom is 0.212 e. The third-order valence-corrected chi connectivity index (χ3v) is 3.78. The summed E-state index contributed by atoms with van der Waals surface area (Å²) in [5.41, 5.74) is 2.10. The van der Waals surface area contributed by atoms with E-state index in [1.54, 1.807) is 13.3 Å². The van der Waals surface area contributed by atoms with Crippen molar-refractivity contribution in [1.29, 1.82) is 0 Å². The Labute approximate surface area is 172 Å². The first kappa shape index (κ1) is 22.2. The number of aromatic nitrogens is 1. The van der Waals surface area contributed by atoms with E-state index in [9.17, 15) is 5.11 Å². The van der Waals surface area contributed by atoms with Gasteiger partial charge in [0.15, 0.2) is 5.96 Å². The lowest BCUT2D eigenvalue weighted by molar-refractivity contribution is 0.265. The molecule has 0 radical (unpaired) electrons. The monoisotopic (exact) mass is 470 g/mol. The Balaban J connectivity index is 0.00000338. The summed E-state index contributed by atoms with van der Waals surface area (Å²) in [6.07, 6.45) is 1.76. The quantitative estimate of drug-likeness (QED) is 0.314. The van der Waals surface area contributed by atoms with Gasteiger partial charge in [0.05, 0.1) is 20.3 Å². The molecular weight excluding hydrogens is 443 g/mol. The zero-order chi connectivity index (χ0) is 17.9. The van der Waals surface area contributed by atoms with E-state index >= 15 is 0 Å². The molecule has 0 spiro atoms. The van der Waals surface area contributed by atoms with Crippen molar-refractivity contribution in [2.45, 2.75) is 19.4 Å². The van der Waals surface area contributed by atoms with Gasteiger partial charge < -0.3 is 20.5 Å². The molecule has 1 atom stereocenters. The molecule has 1 aromatic carbocycles. The van der Waals surface area contributed by atoms with Crippen molar-refractivity contribution in [3.63, 3.8) is 0 Å². The minimum absolute atomic E-state index is 0. The molecule has 0 bridgehead atoms. The van der Waals surface area contributed by atoms with Gasteiger partial charge in [0, 0.05) is 31.3 Å². The van der Waals surface area contributed by atoms with Crippen LogP contribution in [-0.2, 0) is 6.54 Å². The Morgan fingerprint density at radius 1 is 1.19 bits per heavy atom. The van der Waals surface area contributed by atoms with Crippen molar-refractivity contribution in [3.05, 3.63) is 59.8 Å². The number of nitrogens with zero attached hydrogens (tertiary/aromatic N) is 2. The van der Waals surface area contributed by atoms with Gasteiger partial charge in [0.2, 0.25) is 5.88 Å². The van der Waals surface area contributed by atoms with Gasteiger partial charge in [-0.25, -0.2) is 9.98 Å². The highest BCUT2D eigenvalue weighted by Crippen LogP contribution is 2.13. The number of methoxy groups -OCH3 is 1. The van der Waals surface area contributed by atoms with Gasteiger partial charge in [-0.05, 0) is 18.1 Å². The van der Waals surface area contributed by atoms with E-state index in [1.165, 1.54) is 0 Å². The summed E-state index contributed by atoms with van der Waals surface area (Å²) in [7, 11) is 1.59. The summed E-state index contributed by atoms with van der Waals surface area (Å²) in [6.45, 7) is 3.99. The summed E-state index contributed by atoms with van der Waals surface area (Å²) in [5, 5.41) is 16.2. The van der Waals surface area contributed by atoms with E-state index in [4.69, 9.17) is 4.74 Å². The third-order valence-electron chi connectivity index (χ3n) is 3.78. The van der Waals surface area contributed by atoms with Crippen LogP contribution in [0.25, 0.3) is 0 Å². The molecule has 2 aromatic rings. The van der Waals surface area contributed by atoms with Gasteiger partial charge >= 0.3 is 0 Å². The first-order chi connectivity index (χ1) is 12.3. The van der Waals surface area contributed by atoms with Crippen LogP contribution in [-0.4, -0.2) is 42.9 Å². The zero-order valence-electron chi connectivity index (χ0n) is 15.2. The minimum Gasteiger partial charge on any atom is -0.481 e. The molecule has 26 heavy (non-hydrogen) atoms. The number of aliphatic hydroxyl groups is 1. The number of guanidine groups is 1. The molecule has 2 rings (SSSR count). The van der Waals surface area contributed by atoms with Crippen molar-refractivity contribution in [2.24, 2.45) is 4.99 Å². The fourth-order valence-corrected chi connectivity index (χ4v) is 2.37. The summed E-state index contributed by atoms with van der Waals surface area (Å²) < 4.78 is 5.06. The van der Waals surface area contributed by atoms with Gasteiger partial charge in [-0.2, -0.15) is 0 Å². The normalized spacial score (nSPS) is 12.0. The SMILES string of the molecule is CCNC(=NCc1ccc(OC)nc1)NCC(CO)c1ccccc1.I. The second kappa shape index (κ2) is 12.5. The molecule has 0 aliphatic carbocycles. The number of aliphatic hydroxyl groups excluding tert-OH is 1. The molecule has 0 fully saturated rings. The molecule has 7 heteroatoms. The second-order valence-electron chi connectivity index (χ2n) is 5.58. The maximum atomic E-state index is 9.66. The molecule has 0 aliphatic rings. The number of rotatable bonds is 8. The Kier molecular flexibility index (Phi) is 10.6. The van der Waals surface area contributed by atoms with E-state index in [-0.39, 0.29) is 36.5 Å². The van der Waals surface area contributed by atoms with E-state index in [2.05, 4.69) is 20.6 Å². The van der Waals surface area contributed by atoms with Gasteiger partial charge in [-0.1, -0.05) is 36.4 Å². The third kappa shape index (κ3) is 7.17. The van der Waals surface area contributed by atoms with Crippen molar-refractivity contribution in [3.8, 4) is 5.88 Å². The van der Waals surface area contributed by atoms with Gasteiger partial charge in [-0.3, -0.25) is 0 Å². The molecule has 1 unspecified atom stereocenters. The molecule has 0 saturated carbocycles. The summed E-state index contributed by atoms with van der Waals surface area (Å²) in [4.78, 5) is 8.75. The molecule has 6 nitrogen and oxygen atoms in total. The van der Waals surface area contributed by atoms with E-state index in [0.717, 1.165) is 17.7 Å². The van der Waals surface area contributed by atoms with Crippen LogP contribution in [0.5, 0.6) is 5.88 Å². The predicted molar refractivity (Wildman–Crippen MR) is 115 cm³/mol. The number of pyridine rings is 1. The van der Waals surface area contributed by atoms with Crippen molar-refractivity contribution < 1.29 is 9.84 Å². The van der Waals surface area contributed by atoms with Crippen LogP contribution < -0.4 is 15.4 Å². The first-order valence-corrected chi connectivity index (χ1v) is 8.43. The van der Waals surface area contributed by atoms with Crippen LogP contribution >= 0.6 is 24.0 Å². The molecule has 1 aromatic heterocycles. The molecule has 0 saturated heterocycles. The van der Waals surface area contributed by atoms with Crippen molar-refractivity contribution >= 4 is 29.9 Å². The van der Waals surface area contributed by atoms with Gasteiger partial charge in [0.25, 0.3) is 0 Å². The standard InChI is InChI=1S/C19H26N4O2.HI/c1-3-20-19(22-12-15-9-10-18(25-2)21-11-15)23-13-17(14-24)16-7-5-4-6-8-16;/h4-11,17,24H,3,12-14H2,1-2H3,(H2,20,22,23);1H. The Morgan fingerprint density at radius 2 is 1.96 bits per heavy atom. The van der Waals surface area contributed by atoms with E-state index in [1.807, 2.05) is 49.4 Å². The van der Waals surface area contributed by atoms with Crippen LogP contribution in [0.2, 0.25) is 0 Å². The van der Waals surface area contributed by atoms with Crippen LogP contribution in [0, 0.1) is 0 Å². The lowest BCUT2D eigenvalue weighted by Gasteiger charge is -2.18. The second-order valence-corrected chi connectivity index (χ2v) is 5.58. The Bertz CT molecular complexity index is 650. The number of aliphatic imine (C=N–C) groups is 1. The number of nitrogens with one attached hydrogen (secondary N) is 2. The molecular formula is C19H27IN4O2. The number of ether oxygens (including phenoxy) is 1. The predicted octanol–water partition coefficient (Wildman–Crippen LogP) is 2.54. The van der Waals surface area contributed by atoms with Crippen LogP contribution in [0.15, 0.2) is 53.7 Å². The number of hydrogen-bond acceptors (Lipinski definition) is 4. The first-order valence-electron chi connectivity index (χ1n) is 8.43. The fraction of sp³-hybridized carbons (Fsp3) is 0.368. The topological polar surface area (TPSA) is 78.8 Å². The van der Waals surface area contributed by atoms with Gasteiger partial charge in [-0.15, -0.1) is 24.0 Å². The molecule has 142 valence electrons. The highest BCUT2D eigenvalue weighted by molar-refractivity contribution is 14.0. The smallest absolute Gasteiger partial charge is 0.212 e. The number of hydrogen-bond donors (Lipinski definition) is 3. The molecule has 1 heterocycles. The Morgan fingerprint density at radius 3 is 2.54 bits per heavy atom. The van der Waals surface area contributed by atoms with E-state index in [0.29, 0.717) is 24.9 Å². The fourth-order valence-electron chi connectivity index (χ4n) is 2.37. The molecule has 0 aliphatic heterocycles. The maximum absolute atomic E-state index is 9.66. The zero-order valence-corrected chi connectivity index (χ0v) is 17.5. The van der Waals surface area contributed by atoms with Crippen LogP contribution in [0.1, 0.15) is 24.0 Å². The summed E-state index contributed by atoms with van der Waals surface area (Å²) in [6, 6.07) is 13.7. The molecule has 0 amide bonds.